The van der Waals surface area contributed by atoms with Crippen molar-refractivity contribution in [3.63, 3.8) is 0 Å². The van der Waals surface area contributed by atoms with E-state index in [1.54, 1.807) is 0 Å². The molecule has 1 atom stereocenters. The molecule has 0 aromatic rings. The quantitative estimate of drug-likeness (QED) is 0.416. The number of hydrogen-bond acceptors (Lipinski definition) is 2. The first-order chi connectivity index (χ1) is 8.25. The average Bonchev–Trinajstić information content (AvgIpc) is 2.34. The summed E-state index contributed by atoms with van der Waals surface area (Å²) in [6, 6.07) is 0. The minimum atomic E-state index is -0.618. The van der Waals surface area contributed by atoms with Crippen molar-refractivity contribution < 1.29 is 14.7 Å². The van der Waals surface area contributed by atoms with Gasteiger partial charge in [-0.05, 0) is 31.6 Å². The first kappa shape index (κ1) is 18.1. The van der Waals surface area contributed by atoms with E-state index in [9.17, 15) is 14.7 Å². The van der Waals surface area contributed by atoms with Crippen molar-refractivity contribution in [3.05, 3.63) is 0 Å². The van der Waals surface area contributed by atoms with Crippen LogP contribution < -0.4 is 0 Å². The van der Waals surface area contributed by atoms with E-state index in [1.807, 2.05) is 0 Å². The Hall–Kier alpha value is 0.140. The van der Waals surface area contributed by atoms with Crippen molar-refractivity contribution in [2.45, 2.75) is 64.2 Å². The number of hydrogen-bond donors (Lipinski definition) is 1. The van der Waals surface area contributed by atoms with Gasteiger partial charge in [0.1, 0.15) is 6.29 Å². The molecule has 18 heavy (non-hydrogen) atoms. The fourth-order valence-electron chi connectivity index (χ4n) is 2.87. The molecule has 0 heterocycles. The first-order valence-electron chi connectivity index (χ1n) is 6.92. The molecule has 0 bridgehead atoms. The van der Waals surface area contributed by atoms with Gasteiger partial charge in [-0.25, -0.2) is 0 Å². The Kier molecular flexibility index (Phi) is 11.1. The monoisotopic (exact) mass is 264 g/mol. The molecule has 1 rings (SSSR count). The normalized spacial score (nSPS) is 17.8. The fraction of sp³-hybridized carbons (Fsp3) is 0.857. The number of aliphatic carboxylic acids is 1. The van der Waals surface area contributed by atoms with Crippen LogP contribution in [0.5, 0.6) is 0 Å². The van der Waals surface area contributed by atoms with E-state index >= 15 is 0 Å². The second-order valence-corrected chi connectivity index (χ2v) is 5.15. The van der Waals surface area contributed by atoms with Crippen LogP contribution in [0.1, 0.15) is 64.2 Å². The number of carboxylic acid groups (broad SMARTS) is 1. The van der Waals surface area contributed by atoms with Crippen LogP contribution in [0.15, 0.2) is 0 Å². The van der Waals surface area contributed by atoms with Gasteiger partial charge < -0.3 is 9.90 Å². The summed E-state index contributed by atoms with van der Waals surface area (Å²) >= 11 is 0. The second-order valence-electron chi connectivity index (χ2n) is 5.15. The first-order valence-corrected chi connectivity index (χ1v) is 6.92. The number of carbonyl (C=O) groups is 2. The van der Waals surface area contributed by atoms with Crippen molar-refractivity contribution in [1.82, 2.24) is 0 Å². The van der Waals surface area contributed by atoms with Crippen LogP contribution in [0, 0.1) is 11.8 Å². The summed E-state index contributed by atoms with van der Waals surface area (Å²) in [6.45, 7) is 0. The summed E-state index contributed by atoms with van der Waals surface area (Å²) in [5.41, 5.74) is 0. The van der Waals surface area contributed by atoms with Gasteiger partial charge in [0.2, 0.25) is 0 Å². The molecule has 0 spiro atoms. The van der Waals surface area contributed by atoms with Crippen LogP contribution in [0.3, 0.4) is 0 Å². The summed E-state index contributed by atoms with van der Waals surface area (Å²) in [5, 5.41) is 9.27. The third-order valence-electron chi connectivity index (χ3n) is 3.87. The van der Waals surface area contributed by atoms with Gasteiger partial charge in [0.15, 0.2) is 0 Å². The molecule has 1 aliphatic rings. The molecule has 0 amide bonds. The maximum atomic E-state index is 11.3. The standard InChI is InChI=1S/C14H24O3.Na.H/c15-11-7-2-1-6-10-13(14(16)17)12-8-4-3-5-9-12;;/h11-13H,1-10H2,(H,16,17);;. The number of unbranched alkanes of at least 4 members (excludes halogenated alkanes) is 3. The summed E-state index contributed by atoms with van der Waals surface area (Å²) in [7, 11) is 0. The van der Waals surface area contributed by atoms with Gasteiger partial charge in [-0.3, -0.25) is 4.79 Å². The zero-order chi connectivity index (χ0) is 12.5. The number of carboxylic acids is 1. The molecule has 1 unspecified atom stereocenters. The van der Waals surface area contributed by atoms with E-state index < -0.39 is 5.97 Å². The number of carbonyl (C=O) groups excluding carboxylic acids is 1. The maximum absolute atomic E-state index is 11.3. The molecule has 3 nitrogen and oxygen atoms in total. The van der Waals surface area contributed by atoms with E-state index in [-0.39, 0.29) is 35.5 Å². The number of aldehydes is 1. The SMILES string of the molecule is O=CCCCCCC(C(=O)O)C1CCCCC1.[NaH]. The third-order valence-corrected chi connectivity index (χ3v) is 3.87. The van der Waals surface area contributed by atoms with Crippen LogP contribution in [0.2, 0.25) is 0 Å². The Bertz CT molecular complexity index is 237. The molecule has 100 valence electrons. The van der Waals surface area contributed by atoms with Gasteiger partial charge in [-0.2, -0.15) is 0 Å². The Labute approximate surface area is 132 Å². The Morgan fingerprint density at radius 1 is 1.17 bits per heavy atom. The zero-order valence-corrected chi connectivity index (χ0v) is 10.6. The molecule has 4 heteroatoms. The summed E-state index contributed by atoms with van der Waals surface area (Å²) in [6.07, 6.45) is 11.0. The van der Waals surface area contributed by atoms with Crippen molar-refractivity contribution >= 4 is 41.8 Å². The van der Waals surface area contributed by atoms with Crippen molar-refractivity contribution in [2.75, 3.05) is 0 Å². The molecule has 0 aromatic carbocycles. The Morgan fingerprint density at radius 2 is 1.83 bits per heavy atom. The molecule has 1 saturated carbocycles. The molecular weight excluding hydrogens is 239 g/mol. The molecule has 0 saturated heterocycles. The van der Waals surface area contributed by atoms with Crippen molar-refractivity contribution in [3.8, 4) is 0 Å². The van der Waals surface area contributed by atoms with Crippen LogP contribution in [-0.4, -0.2) is 46.9 Å². The molecule has 1 N–H and O–H groups in total. The number of rotatable bonds is 8. The topological polar surface area (TPSA) is 54.4 Å². The van der Waals surface area contributed by atoms with Gasteiger partial charge in [0.25, 0.3) is 0 Å². The van der Waals surface area contributed by atoms with Gasteiger partial charge in [-0.1, -0.05) is 32.1 Å². The van der Waals surface area contributed by atoms with Gasteiger partial charge in [0.05, 0.1) is 5.92 Å². The predicted octanol–water partition coefficient (Wildman–Crippen LogP) is 2.77. The molecule has 0 aliphatic heterocycles. The van der Waals surface area contributed by atoms with Gasteiger partial charge in [0, 0.05) is 6.42 Å². The molecule has 1 aliphatic carbocycles. The summed E-state index contributed by atoms with van der Waals surface area (Å²) in [4.78, 5) is 21.4. The summed E-state index contributed by atoms with van der Waals surface area (Å²) < 4.78 is 0. The molecular formula is C14H25NaO3. The minimum absolute atomic E-state index is 0. The van der Waals surface area contributed by atoms with E-state index in [1.165, 1.54) is 19.3 Å². The fourth-order valence-corrected chi connectivity index (χ4v) is 2.87. The van der Waals surface area contributed by atoms with Gasteiger partial charge in [-0.15, -0.1) is 0 Å². The van der Waals surface area contributed by atoms with Crippen LogP contribution in [-0.2, 0) is 9.59 Å². The van der Waals surface area contributed by atoms with Crippen LogP contribution in [0.25, 0.3) is 0 Å². The third kappa shape index (κ3) is 6.91. The van der Waals surface area contributed by atoms with Gasteiger partial charge >= 0.3 is 35.5 Å². The van der Waals surface area contributed by atoms with Crippen molar-refractivity contribution in [1.29, 1.82) is 0 Å². The molecule has 1 fully saturated rings. The predicted molar refractivity (Wildman–Crippen MR) is 74.0 cm³/mol. The molecule has 0 radical (unpaired) electrons. The van der Waals surface area contributed by atoms with E-state index in [0.29, 0.717) is 12.3 Å². The zero-order valence-electron chi connectivity index (χ0n) is 10.6. The average molecular weight is 264 g/mol. The van der Waals surface area contributed by atoms with E-state index in [2.05, 4.69) is 0 Å². The molecule has 0 aromatic heterocycles. The summed E-state index contributed by atoms with van der Waals surface area (Å²) in [5.74, 6) is -0.369. The van der Waals surface area contributed by atoms with Crippen LogP contribution >= 0.6 is 0 Å². The van der Waals surface area contributed by atoms with E-state index in [4.69, 9.17) is 0 Å². The Morgan fingerprint density at radius 3 is 2.39 bits per heavy atom. The van der Waals surface area contributed by atoms with Crippen molar-refractivity contribution in [2.24, 2.45) is 11.8 Å². The Balaban J connectivity index is 0.00000289. The van der Waals surface area contributed by atoms with E-state index in [0.717, 1.165) is 44.8 Å². The van der Waals surface area contributed by atoms with Crippen LogP contribution in [0.4, 0.5) is 0 Å². The second kappa shape index (κ2) is 11.0.